The standard InChI is InChI=1S/C60H66Cl2N6O8/c1-39-45(37-75-57-25-55(73-35-43-21-41(27-63-3)29-65-31-43)47(23-51(57)61)33-67-19-9-7-17-53(67)59(69)71-5)13-11-15-49(39)50-16-12-14-46(40(50)2)38-76-58-26-56(74-36-44-22-42(28-64-4)30-66-32-44)48(24-52(58)62)34-68-20-10-8-18-54(68)60(70)72-6/h11-16,21-32,53-54H,7-10,17-20,33-38H2,1-6H3/b63-27+,64-28+/t53-,54-/m0/s1. The lowest BCUT2D eigenvalue weighted by atomic mass is 9.92. The van der Waals surface area contributed by atoms with Crippen LogP contribution in [-0.4, -0.2) is 97.6 Å². The first-order chi connectivity index (χ1) is 37.0. The number of aromatic nitrogens is 2. The molecule has 4 heterocycles. The number of aliphatic imine (C=N–C) groups is 2. The molecule has 0 aliphatic carbocycles. The first-order valence-electron chi connectivity index (χ1n) is 25.7. The summed E-state index contributed by atoms with van der Waals surface area (Å²) >= 11 is 14.1. The molecule has 2 fully saturated rings. The van der Waals surface area contributed by atoms with Crippen LogP contribution in [0.5, 0.6) is 23.0 Å². The van der Waals surface area contributed by atoms with Crippen molar-refractivity contribution in [1.82, 2.24) is 19.8 Å². The highest BCUT2D eigenvalue weighted by atomic mass is 35.5. The Kier molecular flexibility index (Phi) is 19.5. The van der Waals surface area contributed by atoms with Gasteiger partial charge in [-0.05, 0) is 110 Å². The number of benzene rings is 4. The maximum absolute atomic E-state index is 12.8. The van der Waals surface area contributed by atoms with Crippen molar-refractivity contribution in [3.05, 3.63) is 163 Å². The number of esters is 2. The number of piperidine rings is 2. The number of nitrogens with zero attached hydrogens (tertiary/aromatic N) is 6. The minimum absolute atomic E-state index is 0.244. The molecule has 0 N–H and O–H groups in total. The molecule has 0 saturated carbocycles. The van der Waals surface area contributed by atoms with Crippen molar-refractivity contribution in [1.29, 1.82) is 0 Å². The second kappa shape index (κ2) is 26.8. The van der Waals surface area contributed by atoms with Gasteiger partial charge in [0.25, 0.3) is 0 Å². The molecule has 2 saturated heterocycles. The van der Waals surface area contributed by atoms with Crippen LogP contribution in [0, 0.1) is 13.8 Å². The fourth-order valence-electron chi connectivity index (χ4n) is 10.0. The van der Waals surface area contributed by atoms with Crippen LogP contribution in [0.3, 0.4) is 0 Å². The average molecular weight is 1070 g/mol. The lowest BCUT2D eigenvalue weighted by Gasteiger charge is -2.34. The first kappa shape index (κ1) is 55.4. The molecule has 0 bridgehead atoms. The van der Waals surface area contributed by atoms with Gasteiger partial charge in [-0.3, -0.25) is 39.3 Å². The maximum atomic E-state index is 12.8. The molecule has 0 radical (unpaired) electrons. The molecule has 2 atom stereocenters. The highest BCUT2D eigenvalue weighted by molar-refractivity contribution is 6.32. The first-order valence-corrected chi connectivity index (χ1v) is 26.4. The third-order valence-corrected chi connectivity index (χ3v) is 14.7. The number of carbonyl (C=O) groups is 2. The van der Waals surface area contributed by atoms with Crippen LogP contribution in [0.1, 0.15) is 94.2 Å². The van der Waals surface area contributed by atoms with Gasteiger partial charge in [0.1, 0.15) is 61.5 Å². The van der Waals surface area contributed by atoms with E-state index in [1.54, 1.807) is 51.3 Å². The topological polar surface area (TPSA) is 146 Å². The molecular weight excluding hydrogens is 1000 g/mol. The molecule has 4 aromatic carbocycles. The minimum Gasteiger partial charge on any atom is -0.488 e. The Morgan fingerprint density at radius 3 is 1.39 bits per heavy atom. The van der Waals surface area contributed by atoms with Gasteiger partial charge in [0.2, 0.25) is 0 Å². The van der Waals surface area contributed by atoms with E-state index in [2.05, 4.69) is 67.9 Å². The molecule has 2 aromatic heterocycles. The van der Waals surface area contributed by atoms with E-state index in [0.29, 0.717) is 46.1 Å². The number of pyridine rings is 2. The predicted octanol–water partition coefficient (Wildman–Crippen LogP) is 11.5. The van der Waals surface area contributed by atoms with Crippen molar-refractivity contribution in [3.63, 3.8) is 0 Å². The number of rotatable bonds is 21. The summed E-state index contributed by atoms with van der Waals surface area (Å²) in [6.45, 7) is 7.55. The molecule has 6 aromatic rings. The van der Waals surface area contributed by atoms with E-state index in [1.807, 2.05) is 48.5 Å². The third-order valence-electron chi connectivity index (χ3n) is 14.1. The molecule has 16 heteroatoms. The summed E-state index contributed by atoms with van der Waals surface area (Å²) in [5.41, 5.74) is 11.3. The zero-order valence-electron chi connectivity index (χ0n) is 44.2. The maximum Gasteiger partial charge on any atom is 0.323 e. The van der Waals surface area contributed by atoms with Crippen molar-refractivity contribution >= 4 is 47.6 Å². The Bertz CT molecular complexity index is 2860. The van der Waals surface area contributed by atoms with Crippen LogP contribution in [0.15, 0.2) is 108 Å². The number of likely N-dealkylation sites (tertiary alicyclic amines) is 2. The molecule has 76 heavy (non-hydrogen) atoms. The summed E-state index contributed by atoms with van der Waals surface area (Å²) in [5.74, 6) is 1.64. The molecule has 398 valence electrons. The van der Waals surface area contributed by atoms with Crippen molar-refractivity contribution in [2.45, 2.75) is 104 Å². The quantitative estimate of drug-likeness (QED) is 0.0499. The molecule has 0 amide bonds. The number of methoxy groups -OCH3 is 2. The number of ether oxygens (including phenoxy) is 6. The Labute approximate surface area is 456 Å². The van der Waals surface area contributed by atoms with E-state index in [-0.39, 0.29) is 50.4 Å². The highest BCUT2D eigenvalue weighted by Gasteiger charge is 2.32. The van der Waals surface area contributed by atoms with E-state index in [9.17, 15) is 9.59 Å². The Hall–Kier alpha value is -6.84. The summed E-state index contributed by atoms with van der Waals surface area (Å²) in [4.78, 5) is 47.0. The van der Waals surface area contributed by atoms with Crippen LogP contribution in [0.25, 0.3) is 11.1 Å². The summed E-state index contributed by atoms with van der Waals surface area (Å²) < 4.78 is 36.5. The lowest BCUT2D eigenvalue weighted by molar-refractivity contribution is -0.149. The molecular formula is C60H66Cl2N6O8. The van der Waals surface area contributed by atoms with Crippen LogP contribution in [0.2, 0.25) is 10.0 Å². The molecule has 2 aliphatic rings. The fraction of sp³-hybridized carbons (Fsp3) is 0.367. The normalized spacial score (nSPS) is 16.2. The number of hydrogen-bond donors (Lipinski definition) is 0. The molecule has 14 nitrogen and oxygen atoms in total. The lowest BCUT2D eigenvalue weighted by Crippen LogP contribution is -2.44. The smallest absolute Gasteiger partial charge is 0.323 e. The third kappa shape index (κ3) is 14.0. The predicted molar refractivity (Wildman–Crippen MR) is 297 cm³/mol. The van der Waals surface area contributed by atoms with Crippen LogP contribution < -0.4 is 18.9 Å². The molecule has 0 spiro atoms. The Balaban J connectivity index is 1.01. The van der Waals surface area contributed by atoms with Crippen molar-refractivity contribution in [2.75, 3.05) is 41.4 Å². The largest absolute Gasteiger partial charge is 0.488 e. The number of carbonyl (C=O) groups excluding carboxylic acids is 2. The summed E-state index contributed by atoms with van der Waals surface area (Å²) in [6.07, 6.45) is 15.8. The fourth-order valence-corrected chi connectivity index (χ4v) is 10.5. The average Bonchev–Trinajstić information content (AvgIpc) is 3.43. The zero-order valence-corrected chi connectivity index (χ0v) is 45.7. The van der Waals surface area contributed by atoms with Crippen LogP contribution in [-0.2, 0) is 58.6 Å². The van der Waals surface area contributed by atoms with Gasteiger partial charge >= 0.3 is 11.9 Å². The van der Waals surface area contributed by atoms with E-state index in [0.717, 1.165) is 118 Å². The highest BCUT2D eigenvalue weighted by Crippen LogP contribution is 2.39. The van der Waals surface area contributed by atoms with Gasteiger partial charge < -0.3 is 28.4 Å². The second-order valence-electron chi connectivity index (χ2n) is 19.2. The van der Waals surface area contributed by atoms with Crippen molar-refractivity contribution in [3.8, 4) is 34.1 Å². The van der Waals surface area contributed by atoms with Crippen molar-refractivity contribution < 1.29 is 38.0 Å². The number of halogens is 2. The number of hydrogen-bond acceptors (Lipinski definition) is 14. The van der Waals surface area contributed by atoms with Gasteiger partial charge in [-0.2, -0.15) is 0 Å². The Morgan fingerprint density at radius 2 is 0.987 bits per heavy atom. The second-order valence-corrected chi connectivity index (χ2v) is 20.0. The van der Waals surface area contributed by atoms with E-state index in [1.165, 1.54) is 14.2 Å². The van der Waals surface area contributed by atoms with Gasteiger partial charge in [0, 0.05) is 110 Å². The van der Waals surface area contributed by atoms with Crippen molar-refractivity contribution in [2.24, 2.45) is 9.98 Å². The zero-order chi connectivity index (χ0) is 53.6. The van der Waals surface area contributed by atoms with Crippen LogP contribution in [0.4, 0.5) is 0 Å². The molecule has 8 rings (SSSR count). The molecule has 0 unspecified atom stereocenters. The van der Waals surface area contributed by atoms with Gasteiger partial charge in [-0.25, -0.2) is 0 Å². The minimum atomic E-state index is -0.355. The van der Waals surface area contributed by atoms with Crippen LogP contribution >= 0.6 is 23.2 Å². The van der Waals surface area contributed by atoms with Gasteiger partial charge in [0.05, 0.1) is 24.3 Å². The SMILES string of the molecule is C/N=C/c1cncc(COc2cc(OCc3cccc(-c4cccc(COc5cc(OCc6cncc(/C=N/C)c6)c(CN6CCCC[C@H]6C(=O)OC)cc5Cl)c4C)c3C)c(Cl)cc2CN2CCCC[C@H]2C(=O)OC)c1. The molecule has 2 aliphatic heterocycles. The van der Waals surface area contributed by atoms with E-state index < -0.39 is 0 Å². The summed E-state index contributed by atoms with van der Waals surface area (Å²) in [7, 11) is 6.31. The van der Waals surface area contributed by atoms with Gasteiger partial charge in [-0.15, -0.1) is 0 Å². The Morgan fingerprint density at radius 1 is 0.566 bits per heavy atom. The summed E-state index contributed by atoms with van der Waals surface area (Å²) in [5, 5.41) is 0.864. The van der Waals surface area contributed by atoms with E-state index in [4.69, 9.17) is 51.6 Å². The summed E-state index contributed by atoms with van der Waals surface area (Å²) in [6, 6.07) is 23.1. The van der Waals surface area contributed by atoms with Gasteiger partial charge in [0.15, 0.2) is 0 Å². The van der Waals surface area contributed by atoms with E-state index >= 15 is 0 Å². The monoisotopic (exact) mass is 1070 g/mol. The van der Waals surface area contributed by atoms with Gasteiger partial charge in [-0.1, -0.05) is 72.4 Å².